The van der Waals surface area contributed by atoms with Crippen molar-refractivity contribution in [3.8, 4) is 0 Å². The van der Waals surface area contributed by atoms with Crippen molar-refractivity contribution in [3.05, 3.63) is 48.0 Å². The molecular formula is C17H22N2O. The van der Waals surface area contributed by atoms with Crippen LogP contribution in [-0.4, -0.2) is 32.3 Å². The van der Waals surface area contributed by atoms with Crippen LogP contribution in [0.3, 0.4) is 0 Å². The Hall–Kier alpha value is -1.42. The molecule has 20 heavy (non-hydrogen) atoms. The Balaban J connectivity index is 1.70. The Kier molecular flexibility index (Phi) is 4.31. The van der Waals surface area contributed by atoms with Gasteiger partial charge in [-0.15, -0.1) is 0 Å². The molecule has 1 aliphatic rings. The van der Waals surface area contributed by atoms with Crippen LogP contribution in [0, 0.1) is 0 Å². The van der Waals surface area contributed by atoms with Gasteiger partial charge in [0, 0.05) is 25.7 Å². The number of benzene rings is 2. The fraction of sp³-hybridized carbons (Fsp3) is 0.412. The number of rotatable bonds is 4. The summed E-state index contributed by atoms with van der Waals surface area (Å²) in [5.74, 6) is 0. The van der Waals surface area contributed by atoms with Crippen LogP contribution in [0.5, 0.6) is 0 Å². The number of morpholine rings is 1. The topological polar surface area (TPSA) is 33.3 Å². The first-order valence-corrected chi connectivity index (χ1v) is 7.38. The molecule has 1 heterocycles. The zero-order valence-corrected chi connectivity index (χ0v) is 11.9. The van der Waals surface area contributed by atoms with Crippen molar-refractivity contribution in [2.45, 2.75) is 19.1 Å². The highest BCUT2D eigenvalue weighted by atomic mass is 16.5. The van der Waals surface area contributed by atoms with Crippen molar-refractivity contribution in [2.75, 3.05) is 26.2 Å². The normalized spacial score (nSPS) is 20.9. The Morgan fingerprint density at radius 2 is 2.10 bits per heavy atom. The van der Waals surface area contributed by atoms with E-state index in [0.29, 0.717) is 6.04 Å². The zero-order chi connectivity index (χ0) is 13.8. The summed E-state index contributed by atoms with van der Waals surface area (Å²) < 4.78 is 5.73. The lowest BCUT2D eigenvalue weighted by Gasteiger charge is -2.26. The summed E-state index contributed by atoms with van der Waals surface area (Å²) >= 11 is 0. The summed E-state index contributed by atoms with van der Waals surface area (Å²) in [7, 11) is 0. The molecule has 3 rings (SSSR count). The molecule has 2 aromatic carbocycles. The summed E-state index contributed by atoms with van der Waals surface area (Å²) in [5.41, 5.74) is 1.35. The number of hydrogen-bond donors (Lipinski definition) is 2. The largest absolute Gasteiger partial charge is 0.374 e. The van der Waals surface area contributed by atoms with Crippen molar-refractivity contribution in [2.24, 2.45) is 0 Å². The molecule has 1 saturated heterocycles. The van der Waals surface area contributed by atoms with Gasteiger partial charge in [-0.25, -0.2) is 0 Å². The highest BCUT2D eigenvalue weighted by molar-refractivity contribution is 5.86. The smallest absolute Gasteiger partial charge is 0.0824 e. The number of ether oxygens (including phenoxy) is 1. The molecule has 0 radical (unpaired) electrons. The van der Waals surface area contributed by atoms with Crippen molar-refractivity contribution < 1.29 is 4.74 Å². The molecule has 0 saturated carbocycles. The third-order valence-corrected chi connectivity index (χ3v) is 3.95. The van der Waals surface area contributed by atoms with Gasteiger partial charge in [0.05, 0.1) is 12.7 Å². The van der Waals surface area contributed by atoms with Crippen LogP contribution in [-0.2, 0) is 4.74 Å². The minimum atomic E-state index is 0.279. The molecule has 1 aliphatic heterocycles. The molecule has 0 spiro atoms. The van der Waals surface area contributed by atoms with E-state index in [-0.39, 0.29) is 6.10 Å². The van der Waals surface area contributed by atoms with Gasteiger partial charge in [-0.1, -0.05) is 42.5 Å². The van der Waals surface area contributed by atoms with Gasteiger partial charge in [0.15, 0.2) is 0 Å². The van der Waals surface area contributed by atoms with E-state index < -0.39 is 0 Å². The van der Waals surface area contributed by atoms with Gasteiger partial charge in [0.1, 0.15) is 0 Å². The molecule has 1 unspecified atom stereocenters. The van der Waals surface area contributed by atoms with Crippen LogP contribution in [0.1, 0.15) is 18.5 Å². The van der Waals surface area contributed by atoms with Gasteiger partial charge >= 0.3 is 0 Å². The van der Waals surface area contributed by atoms with Crippen LogP contribution in [0.15, 0.2) is 42.5 Å². The van der Waals surface area contributed by atoms with Crippen molar-refractivity contribution >= 4 is 10.8 Å². The molecule has 2 aromatic rings. The average Bonchev–Trinajstić information content (AvgIpc) is 2.53. The second-order valence-corrected chi connectivity index (χ2v) is 5.40. The highest BCUT2D eigenvalue weighted by Gasteiger charge is 2.15. The van der Waals surface area contributed by atoms with Crippen molar-refractivity contribution in [1.82, 2.24) is 10.6 Å². The lowest BCUT2D eigenvalue weighted by atomic mass is 9.99. The third kappa shape index (κ3) is 3.01. The molecular weight excluding hydrogens is 248 g/mol. The molecule has 2 atom stereocenters. The summed E-state index contributed by atoms with van der Waals surface area (Å²) in [5, 5.41) is 9.59. The maximum absolute atomic E-state index is 5.73. The second kappa shape index (κ2) is 6.35. The van der Waals surface area contributed by atoms with E-state index in [1.807, 2.05) is 0 Å². The SMILES string of the molecule is C[C@@H](NCC1CNCCO1)c1cccc2ccccc12. The summed E-state index contributed by atoms with van der Waals surface area (Å²) in [4.78, 5) is 0. The molecule has 0 amide bonds. The van der Waals surface area contributed by atoms with E-state index in [2.05, 4.69) is 60.0 Å². The van der Waals surface area contributed by atoms with Crippen LogP contribution < -0.4 is 10.6 Å². The van der Waals surface area contributed by atoms with E-state index in [1.165, 1.54) is 16.3 Å². The summed E-state index contributed by atoms with van der Waals surface area (Å²) in [6, 6.07) is 15.4. The molecule has 3 nitrogen and oxygen atoms in total. The average molecular weight is 270 g/mol. The monoisotopic (exact) mass is 270 g/mol. The predicted octanol–water partition coefficient (Wildman–Crippen LogP) is 2.48. The maximum Gasteiger partial charge on any atom is 0.0824 e. The lowest BCUT2D eigenvalue weighted by Crippen LogP contribution is -2.44. The summed E-state index contributed by atoms with van der Waals surface area (Å²) in [6.45, 7) is 5.83. The maximum atomic E-state index is 5.73. The predicted molar refractivity (Wildman–Crippen MR) is 83.0 cm³/mol. The minimum Gasteiger partial charge on any atom is -0.374 e. The van der Waals surface area contributed by atoms with Gasteiger partial charge in [0.2, 0.25) is 0 Å². The van der Waals surface area contributed by atoms with Crippen LogP contribution in [0.25, 0.3) is 10.8 Å². The van der Waals surface area contributed by atoms with Crippen LogP contribution in [0.2, 0.25) is 0 Å². The van der Waals surface area contributed by atoms with Gasteiger partial charge in [0.25, 0.3) is 0 Å². The number of hydrogen-bond acceptors (Lipinski definition) is 3. The summed E-state index contributed by atoms with van der Waals surface area (Å²) in [6.07, 6.45) is 0.279. The number of fused-ring (bicyclic) bond motifs is 1. The Morgan fingerprint density at radius 3 is 2.95 bits per heavy atom. The van der Waals surface area contributed by atoms with E-state index in [1.54, 1.807) is 0 Å². The molecule has 106 valence electrons. The Bertz CT molecular complexity index is 558. The van der Waals surface area contributed by atoms with Crippen LogP contribution in [0.4, 0.5) is 0 Å². The Labute approximate surface area is 120 Å². The van der Waals surface area contributed by atoms with Crippen molar-refractivity contribution in [3.63, 3.8) is 0 Å². The van der Waals surface area contributed by atoms with Gasteiger partial charge in [-0.05, 0) is 23.3 Å². The molecule has 0 aromatic heterocycles. The lowest BCUT2D eigenvalue weighted by molar-refractivity contribution is 0.0279. The van der Waals surface area contributed by atoms with Gasteiger partial charge in [-0.2, -0.15) is 0 Å². The minimum absolute atomic E-state index is 0.279. The molecule has 3 heteroatoms. The van der Waals surface area contributed by atoms with Gasteiger partial charge in [-0.3, -0.25) is 0 Å². The fourth-order valence-electron chi connectivity index (χ4n) is 2.80. The fourth-order valence-corrected chi connectivity index (χ4v) is 2.80. The number of nitrogens with one attached hydrogen (secondary N) is 2. The molecule has 0 bridgehead atoms. The van der Waals surface area contributed by atoms with E-state index in [0.717, 1.165) is 26.2 Å². The molecule has 0 aliphatic carbocycles. The third-order valence-electron chi connectivity index (χ3n) is 3.95. The van der Waals surface area contributed by atoms with E-state index in [4.69, 9.17) is 4.74 Å². The zero-order valence-electron chi connectivity index (χ0n) is 11.9. The highest BCUT2D eigenvalue weighted by Crippen LogP contribution is 2.23. The second-order valence-electron chi connectivity index (χ2n) is 5.40. The molecule has 1 fully saturated rings. The standard InChI is InChI=1S/C17H22N2O/c1-13(19-12-15-11-18-9-10-20-15)16-8-4-6-14-5-2-3-7-17(14)16/h2-8,13,15,18-19H,9-12H2,1H3/t13-,15?/m1/s1. The quantitative estimate of drug-likeness (QED) is 0.895. The molecule has 2 N–H and O–H groups in total. The first-order valence-electron chi connectivity index (χ1n) is 7.38. The first kappa shape index (κ1) is 13.6. The van der Waals surface area contributed by atoms with Gasteiger partial charge < -0.3 is 15.4 Å². The first-order chi connectivity index (χ1) is 9.84. The van der Waals surface area contributed by atoms with E-state index >= 15 is 0 Å². The van der Waals surface area contributed by atoms with E-state index in [9.17, 15) is 0 Å². The Morgan fingerprint density at radius 1 is 1.25 bits per heavy atom. The van der Waals surface area contributed by atoms with Crippen LogP contribution >= 0.6 is 0 Å². The van der Waals surface area contributed by atoms with Crippen molar-refractivity contribution in [1.29, 1.82) is 0 Å².